The molecule has 2 amide bonds. The number of piperazine rings is 1. The fourth-order valence-corrected chi connectivity index (χ4v) is 3.62. The van der Waals surface area contributed by atoms with Gasteiger partial charge < -0.3 is 14.7 Å². The number of rotatable bonds is 5. The normalized spacial score (nSPS) is 17.9. The minimum atomic E-state index is 0.0774. The first-order valence-corrected chi connectivity index (χ1v) is 9.61. The minimum Gasteiger partial charge on any atom is -0.372 e. The highest BCUT2D eigenvalue weighted by atomic mass is 16.2. The number of nitrogens with zero attached hydrogens (tertiary/aromatic N) is 3. The Morgan fingerprint density at radius 1 is 0.880 bits per heavy atom. The highest BCUT2D eigenvalue weighted by Crippen LogP contribution is 2.21. The largest absolute Gasteiger partial charge is 0.372 e. The number of benzene rings is 1. The van der Waals surface area contributed by atoms with Gasteiger partial charge in [-0.2, -0.15) is 0 Å². The van der Waals surface area contributed by atoms with E-state index < -0.39 is 0 Å². The van der Waals surface area contributed by atoms with Crippen molar-refractivity contribution < 1.29 is 9.59 Å². The van der Waals surface area contributed by atoms with Crippen molar-refractivity contribution in [2.24, 2.45) is 0 Å². The first kappa shape index (κ1) is 17.8. The molecule has 0 N–H and O–H groups in total. The molecule has 5 heteroatoms. The molecule has 2 fully saturated rings. The molecule has 0 bridgehead atoms. The summed E-state index contributed by atoms with van der Waals surface area (Å²) in [7, 11) is 0. The number of carbonyl (C=O) groups excluding carboxylic acids is 2. The molecule has 2 saturated heterocycles. The van der Waals surface area contributed by atoms with Crippen LogP contribution in [0.25, 0.3) is 0 Å². The number of hydrogen-bond acceptors (Lipinski definition) is 3. The van der Waals surface area contributed by atoms with Gasteiger partial charge in [0.15, 0.2) is 0 Å². The number of anilines is 1. The molecule has 2 aliphatic rings. The van der Waals surface area contributed by atoms with Gasteiger partial charge in [-0.1, -0.05) is 13.3 Å². The number of unbranched alkanes of at least 4 members (excludes halogenated alkanes) is 1. The lowest BCUT2D eigenvalue weighted by atomic mass is 10.1. The van der Waals surface area contributed by atoms with Gasteiger partial charge in [-0.05, 0) is 43.5 Å². The van der Waals surface area contributed by atoms with Gasteiger partial charge in [0.05, 0.1) is 0 Å². The van der Waals surface area contributed by atoms with E-state index in [1.807, 2.05) is 21.9 Å². The van der Waals surface area contributed by atoms with E-state index in [0.29, 0.717) is 32.6 Å². The monoisotopic (exact) mass is 343 g/mol. The van der Waals surface area contributed by atoms with Gasteiger partial charge in [-0.25, -0.2) is 0 Å². The van der Waals surface area contributed by atoms with Crippen molar-refractivity contribution in [2.45, 2.75) is 39.0 Å². The van der Waals surface area contributed by atoms with E-state index in [2.05, 4.69) is 24.0 Å². The second-order valence-corrected chi connectivity index (χ2v) is 7.02. The second-order valence-electron chi connectivity index (χ2n) is 7.02. The van der Waals surface area contributed by atoms with Crippen LogP contribution in [0.15, 0.2) is 24.3 Å². The predicted molar refractivity (Wildman–Crippen MR) is 99.9 cm³/mol. The molecule has 2 heterocycles. The van der Waals surface area contributed by atoms with Crippen LogP contribution in [0.3, 0.4) is 0 Å². The summed E-state index contributed by atoms with van der Waals surface area (Å²) in [5.41, 5.74) is 1.95. The third-order valence-corrected chi connectivity index (χ3v) is 5.25. The smallest absolute Gasteiger partial charge is 0.253 e. The minimum absolute atomic E-state index is 0.0774. The van der Waals surface area contributed by atoms with Gasteiger partial charge in [-0.15, -0.1) is 0 Å². The van der Waals surface area contributed by atoms with Crippen molar-refractivity contribution in [1.29, 1.82) is 0 Å². The highest BCUT2D eigenvalue weighted by molar-refractivity contribution is 5.94. The van der Waals surface area contributed by atoms with Crippen molar-refractivity contribution in [2.75, 3.05) is 44.2 Å². The number of hydrogen-bond donors (Lipinski definition) is 0. The van der Waals surface area contributed by atoms with Crippen LogP contribution >= 0.6 is 0 Å². The van der Waals surface area contributed by atoms with Crippen LogP contribution < -0.4 is 4.90 Å². The van der Waals surface area contributed by atoms with E-state index >= 15 is 0 Å². The van der Waals surface area contributed by atoms with Crippen LogP contribution in [0.5, 0.6) is 0 Å². The Morgan fingerprint density at radius 3 is 2.08 bits per heavy atom. The van der Waals surface area contributed by atoms with E-state index in [9.17, 15) is 9.59 Å². The van der Waals surface area contributed by atoms with Gasteiger partial charge in [0.1, 0.15) is 0 Å². The van der Waals surface area contributed by atoms with Gasteiger partial charge in [0, 0.05) is 56.9 Å². The standard InChI is InChI=1S/C20H29N3O2/c1-2-3-6-19(24)22-13-15-23(16-14-22)20(25)17-7-9-18(10-8-17)21-11-4-5-12-21/h7-10H,2-6,11-16H2,1H3. The fourth-order valence-electron chi connectivity index (χ4n) is 3.62. The van der Waals surface area contributed by atoms with Crippen molar-refractivity contribution in [3.8, 4) is 0 Å². The van der Waals surface area contributed by atoms with Gasteiger partial charge in [0.2, 0.25) is 5.91 Å². The van der Waals surface area contributed by atoms with Crippen molar-refractivity contribution >= 4 is 17.5 Å². The summed E-state index contributed by atoms with van der Waals surface area (Å²) in [6.07, 6.45) is 5.12. The average Bonchev–Trinajstić information content (AvgIpc) is 3.20. The lowest BCUT2D eigenvalue weighted by Gasteiger charge is -2.35. The Kier molecular flexibility index (Phi) is 5.95. The molecule has 136 valence electrons. The Bertz CT molecular complexity index is 585. The molecular formula is C20H29N3O2. The van der Waals surface area contributed by atoms with Crippen molar-refractivity contribution in [3.05, 3.63) is 29.8 Å². The molecule has 0 aromatic heterocycles. The van der Waals surface area contributed by atoms with E-state index in [1.54, 1.807) is 0 Å². The van der Waals surface area contributed by atoms with Crippen LogP contribution in [0.1, 0.15) is 49.4 Å². The third-order valence-electron chi connectivity index (χ3n) is 5.25. The molecule has 25 heavy (non-hydrogen) atoms. The zero-order valence-electron chi connectivity index (χ0n) is 15.2. The predicted octanol–water partition coefficient (Wildman–Crippen LogP) is 2.76. The maximum absolute atomic E-state index is 12.7. The van der Waals surface area contributed by atoms with E-state index in [1.165, 1.54) is 18.5 Å². The molecule has 5 nitrogen and oxygen atoms in total. The summed E-state index contributed by atoms with van der Waals surface area (Å²) in [5, 5.41) is 0. The summed E-state index contributed by atoms with van der Waals surface area (Å²) in [6.45, 7) is 6.89. The Balaban J connectivity index is 1.53. The maximum Gasteiger partial charge on any atom is 0.253 e. The summed E-state index contributed by atoms with van der Waals surface area (Å²) in [6, 6.07) is 8.00. The summed E-state index contributed by atoms with van der Waals surface area (Å²) < 4.78 is 0. The lowest BCUT2D eigenvalue weighted by Crippen LogP contribution is -2.50. The fraction of sp³-hybridized carbons (Fsp3) is 0.600. The molecule has 0 spiro atoms. The molecular weight excluding hydrogens is 314 g/mol. The average molecular weight is 343 g/mol. The van der Waals surface area contributed by atoms with Crippen molar-refractivity contribution in [1.82, 2.24) is 9.80 Å². The lowest BCUT2D eigenvalue weighted by molar-refractivity contribution is -0.132. The molecule has 0 radical (unpaired) electrons. The summed E-state index contributed by atoms with van der Waals surface area (Å²) >= 11 is 0. The topological polar surface area (TPSA) is 43.9 Å². The van der Waals surface area contributed by atoms with Crippen LogP contribution in [-0.4, -0.2) is 60.9 Å². The SMILES string of the molecule is CCCCC(=O)N1CCN(C(=O)c2ccc(N3CCCC3)cc2)CC1. The van der Waals surface area contributed by atoms with E-state index in [-0.39, 0.29) is 11.8 Å². The Hall–Kier alpha value is -2.04. The molecule has 2 aliphatic heterocycles. The quantitative estimate of drug-likeness (QED) is 0.826. The molecule has 0 atom stereocenters. The highest BCUT2D eigenvalue weighted by Gasteiger charge is 2.24. The molecule has 0 unspecified atom stereocenters. The second kappa shape index (κ2) is 8.37. The van der Waals surface area contributed by atoms with Crippen LogP contribution in [-0.2, 0) is 4.79 Å². The Morgan fingerprint density at radius 2 is 1.48 bits per heavy atom. The summed E-state index contributed by atoms with van der Waals surface area (Å²) in [4.78, 5) is 30.9. The van der Waals surface area contributed by atoms with Gasteiger partial charge >= 0.3 is 0 Å². The van der Waals surface area contributed by atoms with Crippen molar-refractivity contribution in [3.63, 3.8) is 0 Å². The molecule has 3 rings (SSSR count). The van der Waals surface area contributed by atoms with E-state index in [4.69, 9.17) is 0 Å². The Labute approximate surface area is 150 Å². The van der Waals surface area contributed by atoms with Crippen LogP contribution in [0.2, 0.25) is 0 Å². The first-order chi connectivity index (χ1) is 12.2. The van der Waals surface area contributed by atoms with E-state index in [0.717, 1.165) is 31.5 Å². The maximum atomic E-state index is 12.7. The zero-order valence-corrected chi connectivity index (χ0v) is 15.2. The molecule has 1 aromatic carbocycles. The summed E-state index contributed by atoms with van der Waals surface area (Å²) in [5.74, 6) is 0.303. The zero-order chi connectivity index (χ0) is 17.6. The van der Waals surface area contributed by atoms with Crippen LogP contribution in [0.4, 0.5) is 5.69 Å². The first-order valence-electron chi connectivity index (χ1n) is 9.61. The van der Waals surface area contributed by atoms with Crippen LogP contribution in [0, 0.1) is 0 Å². The number of carbonyl (C=O) groups is 2. The molecule has 0 saturated carbocycles. The van der Waals surface area contributed by atoms with Gasteiger partial charge in [-0.3, -0.25) is 9.59 Å². The molecule has 0 aliphatic carbocycles. The van der Waals surface area contributed by atoms with Gasteiger partial charge in [0.25, 0.3) is 5.91 Å². The molecule has 1 aromatic rings. The number of amides is 2. The third kappa shape index (κ3) is 4.33.